The third-order valence-corrected chi connectivity index (χ3v) is 3.93. The van der Waals surface area contributed by atoms with Gasteiger partial charge in [-0.1, -0.05) is 34.8 Å². The molecule has 8 heteroatoms. The van der Waals surface area contributed by atoms with Crippen LogP contribution in [0.15, 0.2) is 22.1 Å². The van der Waals surface area contributed by atoms with E-state index in [1.165, 1.54) is 0 Å². The second-order valence-electron chi connectivity index (χ2n) is 4.46. The molecule has 0 atom stereocenters. The number of benzene rings is 1. The normalized spacial score (nSPS) is 18.1. The van der Waals surface area contributed by atoms with Crippen LogP contribution >= 0.6 is 34.8 Å². The topological polar surface area (TPSA) is 80.0 Å². The first-order valence-electron chi connectivity index (χ1n) is 5.37. The van der Waals surface area contributed by atoms with Crippen molar-refractivity contribution in [2.24, 2.45) is 21.5 Å². The third kappa shape index (κ3) is 2.45. The van der Waals surface area contributed by atoms with Gasteiger partial charge < -0.3 is 11.5 Å². The Labute approximate surface area is 125 Å². The predicted octanol–water partition coefficient (Wildman–Crippen LogP) is 2.83. The molecule has 1 aromatic carbocycles. The van der Waals surface area contributed by atoms with Gasteiger partial charge in [-0.2, -0.15) is 4.99 Å². The molecule has 0 fully saturated rings. The van der Waals surface area contributed by atoms with Crippen molar-refractivity contribution < 1.29 is 0 Å². The lowest BCUT2D eigenvalue weighted by molar-refractivity contribution is 0.534. The summed E-state index contributed by atoms with van der Waals surface area (Å²) in [5.41, 5.74) is 11.4. The van der Waals surface area contributed by atoms with Crippen molar-refractivity contribution in [1.29, 1.82) is 0 Å². The highest BCUT2D eigenvalue weighted by atomic mass is 35.5. The average molecular weight is 321 g/mol. The minimum Gasteiger partial charge on any atom is -0.369 e. The maximum atomic E-state index is 6.21. The highest BCUT2D eigenvalue weighted by Gasteiger charge is 2.34. The second kappa shape index (κ2) is 4.74. The first-order chi connectivity index (χ1) is 8.74. The summed E-state index contributed by atoms with van der Waals surface area (Å²) in [4.78, 5) is 9.82. The van der Waals surface area contributed by atoms with Gasteiger partial charge in [0.1, 0.15) is 5.66 Å². The lowest BCUT2D eigenvalue weighted by Crippen LogP contribution is -2.54. The molecule has 4 N–H and O–H groups in total. The van der Waals surface area contributed by atoms with E-state index in [0.717, 1.165) is 0 Å². The Balaban J connectivity index is 2.59. The molecule has 0 spiro atoms. The number of hydrogen-bond donors (Lipinski definition) is 2. The molecule has 1 aromatic rings. The number of rotatable bonds is 1. The molecule has 5 nitrogen and oxygen atoms in total. The highest BCUT2D eigenvalue weighted by Crippen LogP contribution is 2.40. The highest BCUT2D eigenvalue weighted by molar-refractivity contribution is 6.49. The van der Waals surface area contributed by atoms with Gasteiger partial charge in [0, 0.05) is 0 Å². The van der Waals surface area contributed by atoms with E-state index in [4.69, 9.17) is 46.3 Å². The lowest BCUT2D eigenvalue weighted by Gasteiger charge is -2.39. The molecule has 0 unspecified atom stereocenters. The number of guanidine groups is 2. The molecule has 0 bridgehead atoms. The Morgan fingerprint density at radius 1 is 1.11 bits per heavy atom. The average Bonchev–Trinajstić information content (AvgIpc) is 2.27. The van der Waals surface area contributed by atoms with Gasteiger partial charge in [0.15, 0.2) is 0 Å². The van der Waals surface area contributed by atoms with Gasteiger partial charge in [-0.05, 0) is 26.0 Å². The summed E-state index contributed by atoms with van der Waals surface area (Å²) < 4.78 is 0. The van der Waals surface area contributed by atoms with Crippen LogP contribution in [-0.2, 0) is 0 Å². The van der Waals surface area contributed by atoms with Crippen LogP contribution in [0, 0.1) is 0 Å². The molecule has 1 heterocycles. The van der Waals surface area contributed by atoms with Crippen LogP contribution in [-0.4, -0.2) is 17.6 Å². The molecular formula is C11H12Cl3N5. The van der Waals surface area contributed by atoms with E-state index in [1.807, 2.05) is 13.8 Å². The molecule has 1 aliphatic heterocycles. The molecule has 0 aliphatic carbocycles. The number of nitrogens with zero attached hydrogens (tertiary/aromatic N) is 3. The van der Waals surface area contributed by atoms with Crippen LogP contribution in [0.2, 0.25) is 15.1 Å². The smallest absolute Gasteiger partial charge is 0.220 e. The fourth-order valence-electron chi connectivity index (χ4n) is 1.91. The summed E-state index contributed by atoms with van der Waals surface area (Å²) in [6, 6.07) is 3.34. The summed E-state index contributed by atoms with van der Waals surface area (Å²) in [6.45, 7) is 3.67. The molecule has 0 saturated heterocycles. The third-order valence-electron chi connectivity index (χ3n) is 2.65. The number of hydrogen-bond acceptors (Lipinski definition) is 5. The van der Waals surface area contributed by atoms with Gasteiger partial charge in [-0.3, -0.25) is 4.90 Å². The van der Waals surface area contributed by atoms with Crippen molar-refractivity contribution >= 4 is 52.4 Å². The van der Waals surface area contributed by atoms with Gasteiger partial charge in [0.25, 0.3) is 0 Å². The van der Waals surface area contributed by atoms with Crippen molar-refractivity contribution in [2.75, 3.05) is 4.90 Å². The maximum absolute atomic E-state index is 6.21. The monoisotopic (exact) mass is 319 g/mol. The predicted molar refractivity (Wildman–Crippen MR) is 81.3 cm³/mol. The van der Waals surface area contributed by atoms with Gasteiger partial charge >= 0.3 is 0 Å². The molecule has 0 aromatic heterocycles. The molecule has 2 rings (SSSR count). The number of aliphatic imine (C=N–C) groups is 2. The SMILES string of the molecule is CC1(C)N=C(N)N=C(N)N1c1ccc(Cl)c(Cl)c1Cl. The zero-order chi connectivity index (χ0) is 14.4. The number of halogens is 3. The van der Waals surface area contributed by atoms with Gasteiger partial charge in [-0.25, -0.2) is 4.99 Å². The summed E-state index contributed by atoms with van der Waals surface area (Å²) in [7, 11) is 0. The zero-order valence-corrected chi connectivity index (χ0v) is 12.6. The second-order valence-corrected chi connectivity index (χ2v) is 5.63. The number of anilines is 1. The van der Waals surface area contributed by atoms with Crippen LogP contribution in [0.4, 0.5) is 5.69 Å². The maximum Gasteiger partial charge on any atom is 0.220 e. The van der Waals surface area contributed by atoms with Gasteiger partial charge in [0.05, 0.1) is 20.8 Å². The van der Waals surface area contributed by atoms with Crippen LogP contribution in [0.3, 0.4) is 0 Å². The fraction of sp³-hybridized carbons (Fsp3) is 0.273. The quantitative estimate of drug-likeness (QED) is 0.781. The van der Waals surface area contributed by atoms with E-state index in [1.54, 1.807) is 17.0 Å². The minimum absolute atomic E-state index is 0.120. The van der Waals surface area contributed by atoms with E-state index in [0.29, 0.717) is 10.7 Å². The Bertz CT molecular complexity index is 594. The summed E-state index contributed by atoms with van der Waals surface area (Å²) in [5, 5.41) is 0.909. The molecule has 0 radical (unpaired) electrons. The Morgan fingerprint density at radius 3 is 2.32 bits per heavy atom. The largest absolute Gasteiger partial charge is 0.369 e. The summed E-state index contributed by atoms with van der Waals surface area (Å²) in [6.07, 6.45) is 0. The molecular weight excluding hydrogens is 309 g/mol. The van der Waals surface area contributed by atoms with Gasteiger partial charge in [0.2, 0.25) is 11.9 Å². The van der Waals surface area contributed by atoms with Crippen LogP contribution in [0.25, 0.3) is 0 Å². The van der Waals surface area contributed by atoms with Crippen LogP contribution in [0.5, 0.6) is 0 Å². The molecule has 102 valence electrons. The molecule has 1 aliphatic rings. The molecule has 0 amide bonds. The van der Waals surface area contributed by atoms with E-state index >= 15 is 0 Å². The standard InChI is InChI=1S/C11H12Cl3N5/c1-11(2)18-9(15)17-10(16)19(11)6-4-3-5(12)7(13)8(6)14/h3-4H,1-2H3,(H4,15,16,17,18). The Hall–Kier alpha value is -1.17. The van der Waals surface area contributed by atoms with Crippen molar-refractivity contribution in [3.05, 3.63) is 27.2 Å². The van der Waals surface area contributed by atoms with Crippen LogP contribution in [0.1, 0.15) is 13.8 Å². The Morgan fingerprint density at radius 2 is 1.74 bits per heavy atom. The van der Waals surface area contributed by atoms with Crippen molar-refractivity contribution in [2.45, 2.75) is 19.5 Å². The first-order valence-corrected chi connectivity index (χ1v) is 6.50. The van der Waals surface area contributed by atoms with E-state index in [2.05, 4.69) is 9.98 Å². The van der Waals surface area contributed by atoms with E-state index in [9.17, 15) is 0 Å². The summed E-state index contributed by atoms with van der Waals surface area (Å²) >= 11 is 18.2. The minimum atomic E-state index is -0.725. The van der Waals surface area contributed by atoms with Crippen LogP contribution < -0.4 is 16.4 Å². The molecule has 19 heavy (non-hydrogen) atoms. The van der Waals surface area contributed by atoms with Crippen molar-refractivity contribution in [3.8, 4) is 0 Å². The van der Waals surface area contributed by atoms with E-state index < -0.39 is 5.66 Å². The first kappa shape index (κ1) is 14.2. The lowest BCUT2D eigenvalue weighted by atomic mass is 10.1. The van der Waals surface area contributed by atoms with Crippen molar-refractivity contribution in [1.82, 2.24) is 0 Å². The Kier molecular flexibility index (Phi) is 3.55. The zero-order valence-electron chi connectivity index (χ0n) is 10.3. The van der Waals surface area contributed by atoms with E-state index in [-0.39, 0.29) is 22.0 Å². The fourth-order valence-corrected chi connectivity index (χ4v) is 2.52. The number of nitrogens with two attached hydrogens (primary N) is 2. The van der Waals surface area contributed by atoms with Crippen molar-refractivity contribution in [3.63, 3.8) is 0 Å². The summed E-state index contributed by atoms with van der Waals surface area (Å²) in [5.74, 6) is 0.313. The molecule has 0 saturated carbocycles. The van der Waals surface area contributed by atoms with Gasteiger partial charge in [-0.15, -0.1) is 0 Å².